The number of fused-ring (bicyclic) bond motifs is 1. The molecule has 0 aliphatic carbocycles. The van der Waals surface area contributed by atoms with Crippen molar-refractivity contribution in [3.63, 3.8) is 0 Å². The molecule has 0 bridgehead atoms. The zero-order valence-electron chi connectivity index (χ0n) is 11.1. The summed E-state index contributed by atoms with van der Waals surface area (Å²) in [7, 11) is 0. The van der Waals surface area contributed by atoms with Gasteiger partial charge in [0.25, 0.3) is 0 Å². The number of carbonyl (C=O) groups is 2. The maximum atomic E-state index is 11.8. The molecule has 0 spiro atoms. The normalized spacial score (nSPS) is 10.3. The summed E-state index contributed by atoms with van der Waals surface area (Å²) in [6.45, 7) is 3.31. The summed E-state index contributed by atoms with van der Waals surface area (Å²) in [6.07, 6.45) is 0. The first kappa shape index (κ1) is 14.3. The van der Waals surface area contributed by atoms with E-state index in [-0.39, 0.29) is 6.61 Å². The summed E-state index contributed by atoms with van der Waals surface area (Å²) in [5.74, 6) is -0.634. The van der Waals surface area contributed by atoms with Gasteiger partial charge in [0.2, 0.25) is 0 Å². The minimum absolute atomic E-state index is 0.278. The molecule has 2 aromatic rings. The quantitative estimate of drug-likeness (QED) is 0.641. The van der Waals surface area contributed by atoms with Gasteiger partial charge in [0, 0.05) is 17.3 Å². The monoisotopic (exact) mass is 292 g/mol. The summed E-state index contributed by atoms with van der Waals surface area (Å²) < 4.78 is 10.1. The van der Waals surface area contributed by atoms with E-state index < -0.39 is 11.9 Å². The van der Waals surface area contributed by atoms with E-state index in [9.17, 15) is 9.59 Å². The van der Waals surface area contributed by atoms with E-state index in [1.54, 1.807) is 31.2 Å². The Labute approximate surface area is 121 Å². The fraction of sp³-hybridized carbons (Fsp3) is 0.200. The fourth-order valence-corrected chi connectivity index (χ4v) is 2.04. The van der Waals surface area contributed by atoms with Crippen LogP contribution in [0.25, 0.3) is 10.8 Å². The van der Waals surface area contributed by atoms with E-state index in [0.717, 1.165) is 5.39 Å². The van der Waals surface area contributed by atoms with Gasteiger partial charge in [0.15, 0.2) is 0 Å². The molecule has 0 aliphatic rings. The third-order valence-corrected chi connectivity index (χ3v) is 2.88. The van der Waals surface area contributed by atoms with Gasteiger partial charge in [-0.15, -0.1) is 0 Å². The Morgan fingerprint density at radius 1 is 1.20 bits per heavy atom. The van der Waals surface area contributed by atoms with Gasteiger partial charge in [-0.2, -0.15) is 0 Å². The molecule has 2 aromatic carbocycles. The molecule has 0 saturated heterocycles. The molecule has 20 heavy (non-hydrogen) atoms. The standard InChI is InChI=1S/C15H13ClO4/c1-3-19-15(18)11-6-10-4-5-12(16)8-13(10)14(7-11)20-9(2)17/h4-8H,3H2,1-2H3. The summed E-state index contributed by atoms with van der Waals surface area (Å²) in [5.41, 5.74) is 0.331. The Morgan fingerprint density at radius 2 is 1.95 bits per heavy atom. The van der Waals surface area contributed by atoms with Crippen LogP contribution in [-0.4, -0.2) is 18.5 Å². The largest absolute Gasteiger partial charge is 0.462 e. The van der Waals surface area contributed by atoms with Gasteiger partial charge in [-0.3, -0.25) is 4.79 Å². The van der Waals surface area contributed by atoms with E-state index in [1.807, 2.05) is 0 Å². The molecular weight excluding hydrogens is 280 g/mol. The molecule has 0 N–H and O–H groups in total. The lowest BCUT2D eigenvalue weighted by molar-refractivity contribution is -0.131. The van der Waals surface area contributed by atoms with Gasteiger partial charge >= 0.3 is 11.9 Å². The van der Waals surface area contributed by atoms with Gasteiger partial charge in [-0.1, -0.05) is 17.7 Å². The predicted octanol–water partition coefficient (Wildman–Crippen LogP) is 3.60. The topological polar surface area (TPSA) is 52.6 Å². The van der Waals surface area contributed by atoms with Gasteiger partial charge in [0.1, 0.15) is 5.75 Å². The Bertz CT molecular complexity index is 679. The highest BCUT2D eigenvalue weighted by atomic mass is 35.5. The first-order valence-corrected chi connectivity index (χ1v) is 6.48. The van der Waals surface area contributed by atoms with E-state index in [1.165, 1.54) is 13.0 Å². The number of ether oxygens (including phenoxy) is 2. The van der Waals surface area contributed by atoms with Gasteiger partial charge in [-0.05, 0) is 36.6 Å². The van der Waals surface area contributed by atoms with Crippen LogP contribution in [-0.2, 0) is 9.53 Å². The summed E-state index contributed by atoms with van der Waals surface area (Å²) in [6, 6.07) is 8.31. The third-order valence-electron chi connectivity index (χ3n) is 2.64. The molecule has 0 unspecified atom stereocenters. The van der Waals surface area contributed by atoms with Crippen molar-refractivity contribution in [2.45, 2.75) is 13.8 Å². The number of carbonyl (C=O) groups excluding carboxylic acids is 2. The number of hydrogen-bond acceptors (Lipinski definition) is 4. The zero-order chi connectivity index (χ0) is 14.7. The number of benzene rings is 2. The third kappa shape index (κ3) is 3.08. The van der Waals surface area contributed by atoms with Crippen LogP contribution in [0.15, 0.2) is 30.3 Å². The highest BCUT2D eigenvalue weighted by Gasteiger charge is 2.13. The molecule has 0 saturated carbocycles. The van der Waals surface area contributed by atoms with Crippen LogP contribution in [0.5, 0.6) is 5.75 Å². The Hall–Kier alpha value is -2.07. The zero-order valence-corrected chi connectivity index (χ0v) is 11.9. The lowest BCUT2D eigenvalue weighted by Gasteiger charge is -2.09. The molecule has 0 heterocycles. The average Bonchev–Trinajstić information content (AvgIpc) is 2.38. The van der Waals surface area contributed by atoms with Crippen LogP contribution in [0, 0.1) is 0 Å². The van der Waals surface area contributed by atoms with Crippen molar-refractivity contribution in [3.05, 3.63) is 40.9 Å². The van der Waals surface area contributed by atoms with Crippen LogP contribution < -0.4 is 4.74 Å². The molecule has 2 rings (SSSR count). The van der Waals surface area contributed by atoms with Crippen molar-refractivity contribution in [3.8, 4) is 5.75 Å². The molecule has 0 fully saturated rings. The predicted molar refractivity (Wildman–Crippen MR) is 76.2 cm³/mol. The van der Waals surface area contributed by atoms with Crippen LogP contribution in [0.1, 0.15) is 24.2 Å². The smallest absolute Gasteiger partial charge is 0.338 e. The first-order chi connectivity index (χ1) is 9.51. The SMILES string of the molecule is CCOC(=O)c1cc(OC(C)=O)c2cc(Cl)ccc2c1. The second-order valence-electron chi connectivity index (χ2n) is 4.15. The molecule has 0 amide bonds. The summed E-state index contributed by atoms with van der Waals surface area (Å²) in [5, 5.41) is 1.94. The van der Waals surface area contributed by atoms with Crippen molar-refractivity contribution in [2.24, 2.45) is 0 Å². The molecular formula is C15H13ClO4. The van der Waals surface area contributed by atoms with Crippen LogP contribution >= 0.6 is 11.6 Å². The highest BCUT2D eigenvalue weighted by molar-refractivity contribution is 6.31. The average molecular weight is 293 g/mol. The highest BCUT2D eigenvalue weighted by Crippen LogP contribution is 2.30. The molecule has 104 valence electrons. The second kappa shape index (κ2) is 5.92. The van der Waals surface area contributed by atoms with E-state index >= 15 is 0 Å². The van der Waals surface area contributed by atoms with Crippen molar-refractivity contribution in [1.82, 2.24) is 0 Å². The minimum atomic E-state index is -0.465. The number of rotatable bonds is 3. The molecule has 4 nitrogen and oxygen atoms in total. The van der Waals surface area contributed by atoms with E-state index in [4.69, 9.17) is 21.1 Å². The lowest BCUT2D eigenvalue weighted by atomic mass is 10.1. The lowest BCUT2D eigenvalue weighted by Crippen LogP contribution is -2.07. The molecule has 5 heteroatoms. The van der Waals surface area contributed by atoms with Crippen molar-refractivity contribution in [2.75, 3.05) is 6.61 Å². The van der Waals surface area contributed by atoms with E-state index in [2.05, 4.69) is 0 Å². The molecule has 0 aliphatic heterocycles. The van der Waals surface area contributed by atoms with Crippen LogP contribution in [0.4, 0.5) is 0 Å². The van der Waals surface area contributed by atoms with Crippen molar-refractivity contribution >= 4 is 34.3 Å². The minimum Gasteiger partial charge on any atom is -0.462 e. The van der Waals surface area contributed by atoms with Crippen LogP contribution in [0.2, 0.25) is 5.02 Å². The fourth-order valence-electron chi connectivity index (χ4n) is 1.87. The molecule has 0 aromatic heterocycles. The van der Waals surface area contributed by atoms with E-state index in [0.29, 0.717) is 21.7 Å². The van der Waals surface area contributed by atoms with Crippen molar-refractivity contribution in [1.29, 1.82) is 0 Å². The van der Waals surface area contributed by atoms with Gasteiger partial charge in [0.05, 0.1) is 12.2 Å². The number of halogens is 1. The maximum Gasteiger partial charge on any atom is 0.338 e. The van der Waals surface area contributed by atoms with Crippen molar-refractivity contribution < 1.29 is 19.1 Å². The Morgan fingerprint density at radius 3 is 2.60 bits per heavy atom. The van der Waals surface area contributed by atoms with Crippen LogP contribution in [0.3, 0.4) is 0 Å². The molecule has 0 atom stereocenters. The number of esters is 2. The van der Waals surface area contributed by atoms with Gasteiger partial charge < -0.3 is 9.47 Å². The first-order valence-electron chi connectivity index (χ1n) is 6.10. The maximum absolute atomic E-state index is 11.8. The molecule has 0 radical (unpaired) electrons. The Balaban J connectivity index is 2.60. The Kier molecular flexibility index (Phi) is 4.25. The van der Waals surface area contributed by atoms with Gasteiger partial charge in [-0.25, -0.2) is 4.79 Å². The summed E-state index contributed by atoms with van der Waals surface area (Å²) >= 11 is 5.95. The number of hydrogen-bond donors (Lipinski definition) is 0. The second-order valence-corrected chi connectivity index (χ2v) is 4.59. The summed E-state index contributed by atoms with van der Waals surface area (Å²) in [4.78, 5) is 23.0.